The number of benzene rings is 2. The molecule has 0 N–H and O–H groups in total. The molecule has 76 valence electrons. The number of rotatable bonds is 0. The van der Waals surface area contributed by atoms with Crippen LogP contribution in [0.15, 0.2) is 30.3 Å². The van der Waals surface area contributed by atoms with E-state index in [0.29, 0.717) is 0 Å². The second-order valence-corrected chi connectivity index (χ2v) is 4.22. The van der Waals surface area contributed by atoms with Crippen molar-refractivity contribution in [3.63, 3.8) is 0 Å². The summed E-state index contributed by atoms with van der Waals surface area (Å²) in [4.78, 5) is 0. The van der Waals surface area contributed by atoms with Gasteiger partial charge in [-0.2, -0.15) is 0 Å². The minimum absolute atomic E-state index is 0.865. The first kappa shape index (κ1) is 8.78. The molecule has 0 atom stereocenters. The molecule has 1 heterocycles. The predicted octanol–water partition coefficient (Wildman–Crippen LogP) is 3.47. The van der Waals surface area contributed by atoms with Gasteiger partial charge in [-0.3, -0.25) is 0 Å². The highest BCUT2D eigenvalue weighted by molar-refractivity contribution is 5.88. The highest BCUT2D eigenvalue weighted by Gasteiger charge is 2.12. The Balaban J connectivity index is 2.32. The fourth-order valence-electron chi connectivity index (χ4n) is 2.32. The third kappa shape index (κ3) is 1.39. The van der Waals surface area contributed by atoms with Gasteiger partial charge in [-0.05, 0) is 36.6 Å². The summed E-state index contributed by atoms with van der Waals surface area (Å²) in [5.41, 5.74) is 2.71. The Bertz CT molecular complexity index is 514. The number of aryl methyl sites for hydroxylation is 2. The molecule has 0 amide bonds. The van der Waals surface area contributed by atoms with Gasteiger partial charge in [0.1, 0.15) is 5.75 Å². The Labute approximate surface area is 89.7 Å². The van der Waals surface area contributed by atoms with Crippen molar-refractivity contribution < 1.29 is 4.74 Å². The minimum Gasteiger partial charge on any atom is -0.493 e. The molecule has 1 heteroatoms. The summed E-state index contributed by atoms with van der Waals surface area (Å²) >= 11 is 0. The van der Waals surface area contributed by atoms with Gasteiger partial charge in [0, 0.05) is 5.56 Å². The van der Waals surface area contributed by atoms with Crippen molar-refractivity contribution >= 4 is 10.8 Å². The SMILES string of the molecule is Cc1ccc2c3c(ccc2c1)OCCC3. The van der Waals surface area contributed by atoms with Gasteiger partial charge in [0.2, 0.25) is 0 Å². The zero-order valence-electron chi connectivity index (χ0n) is 8.92. The van der Waals surface area contributed by atoms with Gasteiger partial charge in [0.25, 0.3) is 0 Å². The Kier molecular flexibility index (Phi) is 1.91. The van der Waals surface area contributed by atoms with E-state index in [1.165, 1.54) is 21.9 Å². The molecule has 3 rings (SSSR count). The van der Waals surface area contributed by atoms with Crippen molar-refractivity contribution in [2.75, 3.05) is 6.61 Å². The molecule has 0 aromatic heterocycles. The second kappa shape index (κ2) is 3.27. The Morgan fingerprint density at radius 1 is 1.13 bits per heavy atom. The van der Waals surface area contributed by atoms with Crippen molar-refractivity contribution in [2.45, 2.75) is 19.8 Å². The van der Waals surface area contributed by atoms with Gasteiger partial charge in [0.15, 0.2) is 0 Å². The van der Waals surface area contributed by atoms with Crippen molar-refractivity contribution in [3.8, 4) is 5.75 Å². The van der Waals surface area contributed by atoms with Crippen LogP contribution in [0.25, 0.3) is 10.8 Å². The maximum Gasteiger partial charge on any atom is 0.123 e. The fraction of sp³-hybridized carbons (Fsp3) is 0.286. The average Bonchev–Trinajstić information content (AvgIpc) is 2.28. The lowest BCUT2D eigenvalue weighted by Crippen LogP contribution is -2.08. The summed E-state index contributed by atoms with van der Waals surface area (Å²) in [5, 5.41) is 2.69. The van der Waals surface area contributed by atoms with Crippen molar-refractivity contribution in [1.82, 2.24) is 0 Å². The van der Waals surface area contributed by atoms with Crippen LogP contribution in [0.3, 0.4) is 0 Å². The zero-order valence-corrected chi connectivity index (χ0v) is 8.92. The molecular weight excluding hydrogens is 184 g/mol. The van der Waals surface area contributed by atoms with Gasteiger partial charge >= 0.3 is 0 Å². The van der Waals surface area contributed by atoms with E-state index in [4.69, 9.17) is 4.74 Å². The van der Waals surface area contributed by atoms with Gasteiger partial charge in [-0.25, -0.2) is 0 Å². The number of ether oxygens (including phenoxy) is 1. The summed E-state index contributed by atoms with van der Waals surface area (Å²) in [6.07, 6.45) is 2.29. The number of fused-ring (bicyclic) bond motifs is 3. The van der Waals surface area contributed by atoms with E-state index < -0.39 is 0 Å². The summed E-state index contributed by atoms with van der Waals surface area (Å²) in [7, 11) is 0. The van der Waals surface area contributed by atoms with Crippen LogP contribution in [0.2, 0.25) is 0 Å². The van der Waals surface area contributed by atoms with Crippen LogP contribution in [0.1, 0.15) is 17.5 Å². The van der Waals surface area contributed by atoms with E-state index in [1.54, 1.807) is 0 Å². The maximum atomic E-state index is 5.66. The molecule has 0 aliphatic carbocycles. The highest BCUT2D eigenvalue weighted by atomic mass is 16.5. The molecule has 2 aromatic rings. The molecule has 1 aliphatic rings. The van der Waals surface area contributed by atoms with E-state index in [-0.39, 0.29) is 0 Å². The largest absolute Gasteiger partial charge is 0.493 e. The normalized spacial score (nSPS) is 14.7. The van der Waals surface area contributed by atoms with Gasteiger partial charge in [-0.1, -0.05) is 29.8 Å². The van der Waals surface area contributed by atoms with Crippen LogP contribution in [-0.2, 0) is 6.42 Å². The molecule has 0 unspecified atom stereocenters. The lowest BCUT2D eigenvalue weighted by Gasteiger charge is -2.19. The van der Waals surface area contributed by atoms with Crippen LogP contribution in [0, 0.1) is 6.92 Å². The quantitative estimate of drug-likeness (QED) is 0.629. The summed E-state index contributed by atoms with van der Waals surface area (Å²) in [6, 6.07) is 10.9. The number of hydrogen-bond acceptors (Lipinski definition) is 1. The molecule has 0 spiro atoms. The van der Waals surface area contributed by atoms with E-state index in [0.717, 1.165) is 25.2 Å². The smallest absolute Gasteiger partial charge is 0.123 e. The first-order chi connectivity index (χ1) is 7.34. The highest BCUT2D eigenvalue weighted by Crippen LogP contribution is 2.32. The standard InChI is InChI=1S/C14H14O/c1-10-4-6-12-11(9-10)5-7-14-13(12)3-2-8-15-14/h4-7,9H,2-3,8H2,1H3. The molecule has 0 saturated carbocycles. The Morgan fingerprint density at radius 2 is 2.07 bits per heavy atom. The zero-order chi connectivity index (χ0) is 10.3. The van der Waals surface area contributed by atoms with Crippen LogP contribution < -0.4 is 4.74 Å². The third-order valence-electron chi connectivity index (χ3n) is 3.07. The molecular formula is C14H14O. The first-order valence-corrected chi connectivity index (χ1v) is 5.50. The second-order valence-electron chi connectivity index (χ2n) is 4.22. The summed E-state index contributed by atoms with van der Waals surface area (Å²) < 4.78 is 5.66. The van der Waals surface area contributed by atoms with Crippen molar-refractivity contribution in [2.24, 2.45) is 0 Å². The lowest BCUT2D eigenvalue weighted by molar-refractivity contribution is 0.289. The van der Waals surface area contributed by atoms with Crippen LogP contribution in [-0.4, -0.2) is 6.61 Å². The topological polar surface area (TPSA) is 9.23 Å². The lowest BCUT2D eigenvalue weighted by atomic mass is 9.97. The molecule has 0 bridgehead atoms. The molecule has 15 heavy (non-hydrogen) atoms. The van der Waals surface area contributed by atoms with Crippen LogP contribution in [0.4, 0.5) is 0 Å². The molecule has 2 aromatic carbocycles. The summed E-state index contributed by atoms with van der Waals surface area (Å²) in [5.74, 6) is 1.08. The molecule has 1 aliphatic heterocycles. The molecule has 1 nitrogen and oxygen atoms in total. The predicted molar refractivity (Wildman–Crippen MR) is 62.5 cm³/mol. The molecule has 0 saturated heterocycles. The summed E-state index contributed by atoms with van der Waals surface area (Å²) in [6.45, 7) is 3.00. The van der Waals surface area contributed by atoms with Crippen molar-refractivity contribution in [1.29, 1.82) is 0 Å². The average molecular weight is 198 g/mol. The minimum atomic E-state index is 0.865. The van der Waals surface area contributed by atoms with E-state index >= 15 is 0 Å². The first-order valence-electron chi connectivity index (χ1n) is 5.50. The van der Waals surface area contributed by atoms with Gasteiger partial charge in [-0.15, -0.1) is 0 Å². The van der Waals surface area contributed by atoms with E-state index in [2.05, 4.69) is 37.3 Å². The Hall–Kier alpha value is -1.50. The Morgan fingerprint density at radius 3 is 3.00 bits per heavy atom. The monoisotopic (exact) mass is 198 g/mol. The van der Waals surface area contributed by atoms with Crippen LogP contribution >= 0.6 is 0 Å². The maximum absolute atomic E-state index is 5.66. The van der Waals surface area contributed by atoms with E-state index in [9.17, 15) is 0 Å². The molecule has 0 radical (unpaired) electrons. The van der Waals surface area contributed by atoms with Crippen molar-refractivity contribution in [3.05, 3.63) is 41.5 Å². The molecule has 0 fully saturated rings. The van der Waals surface area contributed by atoms with E-state index in [1.807, 2.05) is 0 Å². The van der Waals surface area contributed by atoms with Crippen LogP contribution in [0.5, 0.6) is 5.75 Å². The number of hydrogen-bond donors (Lipinski definition) is 0. The fourth-order valence-corrected chi connectivity index (χ4v) is 2.32. The van der Waals surface area contributed by atoms with Gasteiger partial charge < -0.3 is 4.74 Å². The van der Waals surface area contributed by atoms with Gasteiger partial charge in [0.05, 0.1) is 6.61 Å². The third-order valence-corrected chi connectivity index (χ3v) is 3.07.